The molecule has 4 nitrogen and oxygen atoms in total. The molecule has 0 rings (SSSR count). The van der Waals surface area contributed by atoms with Crippen LogP contribution in [0.4, 0.5) is 0 Å². The van der Waals surface area contributed by atoms with Crippen LogP contribution >= 0.6 is 0 Å². The first-order chi connectivity index (χ1) is 4.56. The fourth-order valence-electron chi connectivity index (χ4n) is 0.561. The van der Waals surface area contributed by atoms with Crippen LogP contribution in [0.15, 0.2) is 0 Å². The summed E-state index contributed by atoms with van der Waals surface area (Å²) in [6, 6.07) is 0. The molecule has 0 aromatic rings. The van der Waals surface area contributed by atoms with Crippen LogP contribution in [0.25, 0.3) is 0 Å². The standard InChI is InChI=1S/C5H14O4Si.K.H/c1-2-3-4-5-9-10(6,7)8;;/h6-8H,2-5H2,1H3;;. The van der Waals surface area contributed by atoms with Gasteiger partial charge in [-0.2, -0.15) is 0 Å². The third-order valence-corrected chi connectivity index (χ3v) is 1.64. The quantitative estimate of drug-likeness (QED) is 0.397. The minimum atomic E-state index is -4.21. The number of rotatable bonds is 5. The Hall–Kier alpha value is 1.69. The summed E-state index contributed by atoms with van der Waals surface area (Å²) in [4.78, 5) is 25.0. The third-order valence-electron chi connectivity index (χ3n) is 1.04. The summed E-state index contributed by atoms with van der Waals surface area (Å²) in [7, 11) is -4.21. The molecule has 64 valence electrons. The second kappa shape index (κ2) is 8.30. The Balaban J connectivity index is 0. The van der Waals surface area contributed by atoms with Gasteiger partial charge in [0.15, 0.2) is 0 Å². The van der Waals surface area contributed by atoms with Crippen molar-refractivity contribution < 1.29 is 18.8 Å². The number of unbranched alkanes of at least 4 members (excludes halogenated alkanes) is 2. The zero-order valence-electron chi connectivity index (χ0n) is 6.08. The van der Waals surface area contributed by atoms with E-state index < -0.39 is 9.05 Å². The van der Waals surface area contributed by atoms with Gasteiger partial charge in [0, 0.05) is 6.61 Å². The van der Waals surface area contributed by atoms with Crippen molar-refractivity contribution in [2.24, 2.45) is 0 Å². The summed E-state index contributed by atoms with van der Waals surface area (Å²) in [5.74, 6) is 0. The summed E-state index contributed by atoms with van der Waals surface area (Å²) >= 11 is 0. The molecular formula is C5H15KO4Si. The first-order valence-corrected chi connectivity index (χ1v) is 5.12. The Bertz CT molecular complexity index is 85.0. The van der Waals surface area contributed by atoms with Crippen LogP contribution < -0.4 is 0 Å². The molecule has 0 aliphatic heterocycles. The van der Waals surface area contributed by atoms with Crippen molar-refractivity contribution in [3.8, 4) is 0 Å². The van der Waals surface area contributed by atoms with E-state index in [1.54, 1.807) is 0 Å². The van der Waals surface area contributed by atoms with Crippen molar-refractivity contribution in [3.63, 3.8) is 0 Å². The van der Waals surface area contributed by atoms with Gasteiger partial charge in [-0.3, -0.25) is 0 Å². The molecule has 3 N–H and O–H groups in total. The summed E-state index contributed by atoms with van der Waals surface area (Å²) in [5.41, 5.74) is 0. The van der Waals surface area contributed by atoms with Crippen LogP contribution in [0.5, 0.6) is 0 Å². The first-order valence-electron chi connectivity index (χ1n) is 3.37. The second-order valence-electron chi connectivity index (χ2n) is 2.13. The molecule has 0 saturated heterocycles. The van der Waals surface area contributed by atoms with Gasteiger partial charge in [-0.05, 0) is 6.42 Å². The van der Waals surface area contributed by atoms with Crippen LogP contribution in [0.2, 0.25) is 0 Å². The molecule has 0 radical (unpaired) electrons. The van der Waals surface area contributed by atoms with Crippen molar-refractivity contribution in [1.29, 1.82) is 0 Å². The van der Waals surface area contributed by atoms with Gasteiger partial charge >= 0.3 is 60.4 Å². The minimum absolute atomic E-state index is 0. The van der Waals surface area contributed by atoms with Crippen molar-refractivity contribution in [3.05, 3.63) is 0 Å². The summed E-state index contributed by atoms with van der Waals surface area (Å²) in [6.45, 7) is 2.26. The molecule has 0 aliphatic carbocycles. The molecular weight excluding hydrogens is 191 g/mol. The van der Waals surface area contributed by atoms with Gasteiger partial charge in [-0.15, -0.1) is 0 Å². The summed E-state index contributed by atoms with van der Waals surface area (Å²) in [5, 5.41) is 0. The molecule has 0 aromatic heterocycles. The van der Waals surface area contributed by atoms with Gasteiger partial charge in [-0.1, -0.05) is 19.8 Å². The molecule has 0 heterocycles. The van der Waals surface area contributed by atoms with Gasteiger partial charge in [-0.25, -0.2) is 0 Å². The fraction of sp³-hybridized carbons (Fsp3) is 1.00. The third kappa shape index (κ3) is 14.5. The van der Waals surface area contributed by atoms with Crippen LogP contribution in [-0.4, -0.2) is 81.4 Å². The molecule has 0 bridgehead atoms. The predicted octanol–water partition coefficient (Wildman–Crippen LogP) is -1.04. The van der Waals surface area contributed by atoms with Crippen molar-refractivity contribution >= 4 is 60.4 Å². The Morgan fingerprint density at radius 2 is 1.73 bits per heavy atom. The molecule has 0 aliphatic rings. The Kier molecular flexibility index (Phi) is 11.5. The Labute approximate surface area is 110 Å². The van der Waals surface area contributed by atoms with Gasteiger partial charge in [0.1, 0.15) is 0 Å². The average Bonchev–Trinajstić information content (AvgIpc) is 1.78. The zero-order valence-corrected chi connectivity index (χ0v) is 7.08. The van der Waals surface area contributed by atoms with E-state index in [1.807, 2.05) is 6.92 Å². The van der Waals surface area contributed by atoms with Crippen molar-refractivity contribution in [1.82, 2.24) is 0 Å². The molecule has 0 aromatic carbocycles. The van der Waals surface area contributed by atoms with Gasteiger partial charge < -0.3 is 18.8 Å². The maximum absolute atomic E-state index is 8.34. The Morgan fingerprint density at radius 3 is 2.09 bits per heavy atom. The van der Waals surface area contributed by atoms with Crippen molar-refractivity contribution in [2.75, 3.05) is 6.61 Å². The predicted molar refractivity (Wildman–Crippen MR) is 45.0 cm³/mol. The van der Waals surface area contributed by atoms with E-state index in [0.717, 1.165) is 19.3 Å². The molecule has 11 heavy (non-hydrogen) atoms. The fourth-order valence-corrected chi connectivity index (χ4v) is 0.979. The van der Waals surface area contributed by atoms with Crippen molar-refractivity contribution in [2.45, 2.75) is 26.2 Å². The van der Waals surface area contributed by atoms with E-state index in [1.165, 1.54) is 0 Å². The number of hydrogen-bond donors (Lipinski definition) is 3. The summed E-state index contributed by atoms with van der Waals surface area (Å²) < 4.78 is 4.34. The Morgan fingerprint density at radius 1 is 1.18 bits per heavy atom. The van der Waals surface area contributed by atoms with Crippen LogP contribution in [-0.2, 0) is 4.43 Å². The van der Waals surface area contributed by atoms with Gasteiger partial charge in [0.2, 0.25) is 0 Å². The van der Waals surface area contributed by atoms with E-state index in [9.17, 15) is 0 Å². The summed E-state index contributed by atoms with van der Waals surface area (Å²) in [6.07, 6.45) is 2.78. The SMILES string of the molecule is CCCCCO[Si](O)(O)O.[KH]. The van der Waals surface area contributed by atoms with E-state index >= 15 is 0 Å². The molecule has 0 atom stereocenters. The van der Waals surface area contributed by atoms with Gasteiger partial charge in [0.05, 0.1) is 0 Å². The van der Waals surface area contributed by atoms with E-state index in [4.69, 9.17) is 14.4 Å². The van der Waals surface area contributed by atoms with Gasteiger partial charge in [0.25, 0.3) is 0 Å². The number of hydrogen-bond acceptors (Lipinski definition) is 4. The average molecular weight is 206 g/mol. The molecule has 6 heteroatoms. The molecule has 0 amide bonds. The topological polar surface area (TPSA) is 69.9 Å². The molecule has 0 fully saturated rings. The monoisotopic (exact) mass is 206 g/mol. The molecule has 0 spiro atoms. The van der Waals surface area contributed by atoms with Crippen LogP contribution in [0, 0.1) is 0 Å². The molecule has 0 unspecified atom stereocenters. The molecule has 0 saturated carbocycles. The van der Waals surface area contributed by atoms with Crippen LogP contribution in [0.1, 0.15) is 26.2 Å². The normalized spacial score (nSPS) is 10.9. The second-order valence-corrected chi connectivity index (χ2v) is 3.57. The zero-order chi connectivity index (χ0) is 8.04. The maximum atomic E-state index is 8.34. The van der Waals surface area contributed by atoms with Crippen LogP contribution in [0.3, 0.4) is 0 Å². The van der Waals surface area contributed by atoms with E-state index in [-0.39, 0.29) is 58.0 Å². The first kappa shape index (κ1) is 15.2. The van der Waals surface area contributed by atoms with E-state index in [2.05, 4.69) is 4.43 Å². The van der Waals surface area contributed by atoms with E-state index in [0.29, 0.717) is 0 Å².